The number of aliphatic hydroxyl groups is 2. The summed E-state index contributed by atoms with van der Waals surface area (Å²) < 4.78 is 57.4. The van der Waals surface area contributed by atoms with Crippen molar-refractivity contribution in [3.05, 3.63) is 57.6 Å². The van der Waals surface area contributed by atoms with Crippen LogP contribution in [0.5, 0.6) is 0 Å². The van der Waals surface area contributed by atoms with Crippen molar-refractivity contribution >= 4 is 20.0 Å². The highest BCUT2D eigenvalue weighted by Crippen LogP contribution is 2.42. The first-order chi connectivity index (χ1) is 17.8. The fourth-order valence-corrected chi connectivity index (χ4v) is 4.57. The van der Waals surface area contributed by atoms with Crippen LogP contribution in [0.2, 0.25) is 0 Å². The van der Waals surface area contributed by atoms with Gasteiger partial charge < -0.3 is 25.4 Å². The average molecular weight is 559 g/mol. The first kappa shape index (κ1) is 29.7. The molecule has 1 aliphatic rings. The smallest absolute Gasteiger partial charge is 0.461 e. The summed E-state index contributed by atoms with van der Waals surface area (Å²) in [6.07, 6.45) is -5.40. The molecule has 1 aliphatic heterocycles. The van der Waals surface area contributed by atoms with Crippen LogP contribution in [-0.2, 0) is 36.4 Å². The summed E-state index contributed by atoms with van der Waals surface area (Å²) in [6, 6.07) is 5.58. The summed E-state index contributed by atoms with van der Waals surface area (Å²) in [4.78, 5) is 27.7. The van der Waals surface area contributed by atoms with Crippen molar-refractivity contribution in [3.8, 4) is 0 Å². The van der Waals surface area contributed by atoms with E-state index in [2.05, 4.69) is 10.1 Å². The van der Waals surface area contributed by atoms with E-state index in [0.29, 0.717) is 11.0 Å². The van der Waals surface area contributed by atoms with Gasteiger partial charge in [0.05, 0.1) is 6.61 Å². The zero-order chi connectivity index (χ0) is 28.2. The molecule has 6 unspecified atom stereocenters. The average Bonchev–Trinajstić information content (AvgIpc) is 3.07. The van der Waals surface area contributed by atoms with Gasteiger partial charge in [-0.1, -0.05) is 23.3 Å². The minimum atomic E-state index is -3.89. The first-order valence-electron chi connectivity index (χ1n) is 11.7. The quantitative estimate of drug-likeness (QED) is 0.231. The lowest BCUT2D eigenvalue weighted by Gasteiger charge is -2.20. The molecule has 1 saturated heterocycles. The highest BCUT2D eigenvalue weighted by Gasteiger charge is 2.60. The number of rotatable bonds is 11. The van der Waals surface area contributed by atoms with Gasteiger partial charge >= 0.3 is 25.8 Å². The van der Waals surface area contributed by atoms with E-state index in [9.17, 15) is 33.1 Å². The van der Waals surface area contributed by atoms with Gasteiger partial charge in [-0.25, -0.2) is 4.79 Å². The monoisotopic (exact) mass is 559 g/mol. The Bertz CT molecular complexity index is 1230. The first-order valence-corrected chi connectivity index (χ1v) is 12.8. The maximum atomic E-state index is 14.6. The number of esters is 1. The topological polar surface area (TPSA) is 175 Å². The molecule has 0 aliphatic carbocycles. The van der Waals surface area contributed by atoms with Crippen LogP contribution in [0.4, 0.5) is 14.6 Å². The summed E-state index contributed by atoms with van der Waals surface area (Å²) in [5.74, 6) is -4.79. The number of ether oxygens (including phenoxy) is 2. The number of nitrogens with two attached hydrogens (primary N) is 1. The van der Waals surface area contributed by atoms with E-state index in [4.69, 9.17) is 19.7 Å². The molecule has 3 rings (SSSR count). The SMILES string of the molecule is Cc1ccc(CC(C)OC(=O)C(C)N[P+](=O)OCC2OC(n3ccc(N)nc3=O)C(F)(F)C2O)cc1CO. The van der Waals surface area contributed by atoms with Gasteiger partial charge in [-0.15, -0.1) is 4.52 Å². The number of hydrogen-bond acceptors (Lipinski definition) is 10. The van der Waals surface area contributed by atoms with Crippen LogP contribution in [0.15, 0.2) is 35.3 Å². The maximum absolute atomic E-state index is 14.6. The Balaban J connectivity index is 1.50. The van der Waals surface area contributed by atoms with Gasteiger partial charge in [0.25, 0.3) is 0 Å². The third kappa shape index (κ3) is 6.95. The number of alkyl halides is 2. The number of aliphatic hydroxyl groups excluding tert-OH is 2. The summed E-state index contributed by atoms with van der Waals surface area (Å²) in [7, 11) is -2.74. The molecule has 1 fully saturated rings. The largest absolute Gasteiger partial charge is 0.613 e. The number of aromatic nitrogens is 2. The van der Waals surface area contributed by atoms with Crippen molar-refractivity contribution in [2.45, 2.75) is 70.3 Å². The second-order valence-electron chi connectivity index (χ2n) is 8.96. The summed E-state index contributed by atoms with van der Waals surface area (Å²) in [6.45, 7) is 4.09. The molecular formula is C23H30F2N4O8P+. The summed E-state index contributed by atoms with van der Waals surface area (Å²) in [5, 5.41) is 21.8. The van der Waals surface area contributed by atoms with Crippen molar-refractivity contribution in [1.29, 1.82) is 0 Å². The van der Waals surface area contributed by atoms with Crippen molar-refractivity contribution in [1.82, 2.24) is 14.6 Å². The van der Waals surface area contributed by atoms with Crippen LogP contribution in [0.3, 0.4) is 0 Å². The molecule has 5 N–H and O–H groups in total. The highest BCUT2D eigenvalue weighted by molar-refractivity contribution is 7.36. The predicted octanol–water partition coefficient (Wildman–Crippen LogP) is 1.35. The van der Waals surface area contributed by atoms with Crippen LogP contribution in [0.1, 0.15) is 36.8 Å². The minimum Gasteiger partial charge on any atom is -0.461 e. The van der Waals surface area contributed by atoms with Crippen LogP contribution in [0.25, 0.3) is 0 Å². The van der Waals surface area contributed by atoms with E-state index in [1.807, 2.05) is 25.1 Å². The van der Waals surface area contributed by atoms with Crippen LogP contribution in [-0.4, -0.2) is 62.6 Å². The molecule has 15 heteroatoms. The Labute approximate surface area is 217 Å². The second kappa shape index (κ2) is 12.3. The number of anilines is 1. The molecule has 2 aromatic rings. The molecule has 1 aromatic carbocycles. The van der Waals surface area contributed by atoms with E-state index in [0.717, 1.165) is 29.0 Å². The maximum Gasteiger partial charge on any atom is 0.613 e. The molecule has 12 nitrogen and oxygen atoms in total. The molecule has 1 aromatic heterocycles. The fraction of sp³-hybridized carbons (Fsp3) is 0.522. The molecule has 0 radical (unpaired) electrons. The number of benzene rings is 1. The lowest BCUT2D eigenvalue weighted by molar-refractivity contribution is -0.149. The number of hydrogen-bond donors (Lipinski definition) is 4. The molecule has 6 atom stereocenters. The fourth-order valence-electron chi connectivity index (χ4n) is 3.80. The van der Waals surface area contributed by atoms with Crippen LogP contribution < -0.4 is 16.5 Å². The Hall–Kier alpha value is -2.87. The number of carbonyl (C=O) groups excluding carboxylic acids is 1. The van der Waals surface area contributed by atoms with Crippen LogP contribution in [0, 0.1) is 6.92 Å². The van der Waals surface area contributed by atoms with Gasteiger partial charge in [0, 0.05) is 12.6 Å². The number of halogens is 2. The molecule has 208 valence electrons. The molecule has 0 spiro atoms. The van der Waals surface area contributed by atoms with E-state index >= 15 is 0 Å². The zero-order valence-corrected chi connectivity index (χ0v) is 21.8. The van der Waals surface area contributed by atoms with Crippen molar-refractivity contribution in [2.75, 3.05) is 12.3 Å². The third-order valence-electron chi connectivity index (χ3n) is 5.92. The standard InChI is InChI=1S/C23H29F2N4O8P/c1-12-4-5-15(9-16(12)10-30)8-13(2)36-20(32)14(3)28-38(34)35-11-17-19(31)23(24,25)21(37-17)29-7-6-18(26)27-22(29)33/h4-7,9,13-14,17,19,21,30-31H,8,10-11H2,1-3H3,(H2-,26,27,28,33,34)/p+1. The van der Waals surface area contributed by atoms with E-state index < -0.39 is 62.9 Å². The van der Waals surface area contributed by atoms with Crippen molar-refractivity contribution in [3.63, 3.8) is 0 Å². The second-order valence-corrected chi connectivity index (χ2v) is 9.99. The summed E-state index contributed by atoms with van der Waals surface area (Å²) in [5.41, 5.74) is 6.82. The van der Waals surface area contributed by atoms with Gasteiger partial charge in [-0.3, -0.25) is 9.36 Å². The van der Waals surface area contributed by atoms with Gasteiger partial charge in [0.1, 0.15) is 30.7 Å². The van der Waals surface area contributed by atoms with E-state index in [-0.39, 0.29) is 12.4 Å². The Morgan fingerprint density at radius 1 is 1.37 bits per heavy atom. The number of carbonyl (C=O) groups is 1. The molecule has 38 heavy (non-hydrogen) atoms. The van der Waals surface area contributed by atoms with Crippen LogP contribution >= 0.6 is 8.18 Å². The number of nitrogens with zero attached hydrogens (tertiary/aromatic N) is 2. The molecule has 0 amide bonds. The number of aryl methyl sites for hydroxylation is 1. The molecule has 0 bridgehead atoms. The zero-order valence-electron chi connectivity index (χ0n) is 20.9. The van der Waals surface area contributed by atoms with Gasteiger partial charge in [0.15, 0.2) is 6.10 Å². The van der Waals surface area contributed by atoms with Gasteiger partial charge in [-0.2, -0.15) is 13.8 Å². The number of nitrogen functional groups attached to an aromatic ring is 1. The predicted molar refractivity (Wildman–Crippen MR) is 130 cm³/mol. The van der Waals surface area contributed by atoms with Crippen molar-refractivity contribution in [2.24, 2.45) is 0 Å². The Morgan fingerprint density at radius 3 is 2.74 bits per heavy atom. The Morgan fingerprint density at radius 2 is 2.08 bits per heavy atom. The summed E-state index contributed by atoms with van der Waals surface area (Å²) >= 11 is 0. The highest BCUT2D eigenvalue weighted by atomic mass is 31.1. The van der Waals surface area contributed by atoms with E-state index in [1.165, 1.54) is 6.92 Å². The lowest BCUT2D eigenvalue weighted by Crippen LogP contribution is -2.42. The normalized spacial score (nSPS) is 22.6. The van der Waals surface area contributed by atoms with E-state index in [1.54, 1.807) is 6.92 Å². The van der Waals surface area contributed by atoms with Gasteiger partial charge in [0.2, 0.25) is 6.23 Å². The molecule has 0 saturated carbocycles. The lowest BCUT2D eigenvalue weighted by atomic mass is 10.0. The molecular weight excluding hydrogens is 529 g/mol. The minimum absolute atomic E-state index is 0.111. The van der Waals surface area contributed by atoms with Gasteiger partial charge in [-0.05, 0) is 48.1 Å². The van der Waals surface area contributed by atoms with Crippen molar-refractivity contribution < 1.29 is 42.4 Å². The number of nitrogens with one attached hydrogen (secondary N) is 1. The third-order valence-corrected chi connectivity index (χ3v) is 6.90. The Kier molecular flexibility index (Phi) is 9.63. The molecule has 2 heterocycles.